The first-order valence-corrected chi connectivity index (χ1v) is 10.3. The number of nitrogens with zero attached hydrogens (tertiary/aromatic N) is 1. The number of para-hydroxylation sites is 2. The predicted molar refractivity (Wildman–Crippen MR) is 106 cm³/mol. The number of anilines is 2. The van der Waals surface area contributed by atoms with E-state index in [9.17, 15) is 26.4 Å². The van der Waals surface area contributed by atoms with Gasteiger partial charge in [0.2, 0.25) is 5.91 Å². The van der Waals surface area contributed by atoms with Gasteiger partial charge in [-0.1, -0.05) is 48.5 Å². The molecule has 1 aliphatic heterocycles. The van der Waals surface area contributed by atoms with Crippen molar-refractivity contribution in [3.8, 4) is 11.1 Å². The molecule has 5 nitrogen and oxygen atoms in total. The van der Waals surface area contributed by atoms with Gasteiger partial charge in [0, 0.05) is 11.1 Å². The Kier molecular flexibility index (Phi) is 4.77. The van der Waals surface area contributed by atoms with Crippen LogP contribution in [0, 0.1) is 0 Å². The third kappa shape index (κ3) is 3.41. The molecule has 1 N–H and O–H groups in total. The van der Waals surface area contributed by atoms with Gasteiger partial charge in [-0.15, -0.1) is 0 Å². The number of hydrogen-bond donors (Lipinski definition) is 1. The Bertz CT molecular complexity index is 1240. The second-order valence-electron chi connectivity index (χ2n) is 6.62. The van der Waals surface area contributed by atoms with Crippen molar-refractivity contribution in [1.82, 2.24) is 0 Å². The van der Waals surface area contributed by atoms with Gasteiger partial charge in [0.1, 0.15) is 6.54 Å². The number of carbonyl (C=O) groups is 1. The van der Waals surface area contributed by atoms with E-state index in [-0.39, 0.29) is 10.6 Å². The van der Waals surface area contributed by atoms with Crippen LogP contribution in [0.2, 0.25) is 0 Å². The van der Waals surface area contributed by atoms with Gasteiger partial charge in [-0.2, -0.15) is 13.2 Å². The van der Waals surface area contributed by atoms with Crippen molar-refractivity contribution in [2.75, 3.05) is 16.2 Å². The fourth-order valence-corrected chi connectivity index (χ4v) is 5.06. The zero-order valence-electron chi connectivity index (χ0n) is 15.3. The van der Waals surface area contributed by atoms with Crippen LogP contribution in [0.1, 0.15) is 5.56 Å². The minimum atomic E-state index is -4.66. The molecule has 0 bridgehead atoms. The topological polar surface area (TPSA) is 66.5 Å². The van der Waals surface area contributed by atoms with Crippen LogP contribution in [0.15, 0.2) is 77.7 Å². The van der Waals surface area contributed by atoms with Crippen molar-refractivity contribution in [3.63, 3.8) is 0 Å². The van der Waals surface area contributed by atoms with Crippen molar-refractivity contribution < 1.29 is 26.4 Å². The molecule has 0 aliphatic carbocycles. The smallest absolute Gasteiger partial charge is 0.324 e. The molecule has 0 unspecified atom stereocenters. The van der Waals surface area contributed by atoms with Crippen LogP contribution in [0.4, 0.5) is 24.5 Å². The molecular formula is C21H15F3N2O3S. The summed E-state index contributed by atoms with van der Waals surface area (Å²) in [5.41, 5.74) is -0.0299. The highest BCUT2D eigenvalue weighted by molar-refractivity contribution is 7.93. The lowest BCUT2D eigenvalue weighted by Crippen LogP contribution is -2.40. The highest BCUT2D eigenvalue weighted by Crippen LogP contribution is 2.42. The summed E-state index contributed by atoms with van der Waals surface area (Å²) in [5, 5.41) is 2.19. The molecule has 0 saturated carbocycles. The van der Waals surface area contributed by atoms with Crippen molar-refractivity contribution in [3.05, 3.63) is 78.4 Å². The average Bonchev–Trinajstić information content (AvgIpc) is 2.71. The van der Waals surface area contributed by atoms with Crippen LogP contribution >= 0.6 is 0 Å². The van der Waals surface area contributed by atoms with E-state index < -0.39 is 39.9 Å². The van der Waals surface area contributed by atoms with E-state index in [0.29, 0.717) is 11.1 Å². The summed E-state index contributed by atoms with van der Waals surface area (Å²) in [6.45, 7) is -0.667. The van der Waals surface area contributed by atoms with Crippen LogP contribution in [0.3, 0.4) is 0 Å². The highest BCUT2D eigenvalue weighted by atomic mass is 32.2. The fourth-order valence-electron chi connectivity index (χ4n) is 3.41. The molecule has 1 aliphatic rings. The molecule has 0 radical (unpaired) electrons. The van der Waals surface area contributed by atoms with Gasteiger partial charge in [0.25, 0.3) is 10.0 Å². The first kappa shape index (κ1) is 20.0. The van der Waals surface area contributed by atoms with E-state index in [4.69, 9.17) is 0 Å². The lowest BCUT2D eigenvalue weighted by Gasteiger charge is -2.31. The molecule has 9 heteroatoms. The Balaban J connectivity index is 1.70. The van der Waals surface area contributed by atoms with Gasteiger partial charge < -0.3 is 5.32 Å². The van der Waals surface area contributed by atoms with Crippen molar-refractivity contribution in [1.29, 1.82) is 0 Å². The molecule has 1 amide bonds. The second kappa shape index (κ2) is 7.17. The molecule has 1 heterocycles. The Morgan fingerprint density at radius 3 is 2.20 bits per heavy atom. The first-order valence-electron chi connectivity index (χ1n) is 8.87. The number of fused-ring (bicyclic) bond motifs is 3. The number of carbonyl (C=O) groups excluding carboxylic acids is 1. The summed E-state index contributed by atoms with van der Waals surface area (Å²) in [6, 6.07) is 17.6. The summed E-state index contributed by atoms with van der Waals surface area (Å²) in [5.74, 6) is -0.885. The number of sulfonamides is 1. The Hall–Kier alpha value is -3.33. The predicted octanol–water partition coefficient (Wildman–Crippen LogP) is 4.52. The van der Waals surface area contributed by atoms with E-state index >= 15 is 0 Å². The normalized spacial score (nSPS) is 14.6. The van der Waals surface area contributed by atoms with Gasteiger partial charge in [0.15, 0.2) is 0 Å². The molecule has 0 fully saturated rings. The van der Waals surface area contributed by atoms with Crippen molar-refractivity contribution in [2.24, 2.45) is 0 Å². The average molecular weight is 432 g/mol. The summed E-state index contributed by atoms with van der Waals surface area (Å²) >= 11 is 0. The zero-order chi connectivity index (χ0) is 21.5. The Morgan fingerprint density at radius 2 is 1.47 bits per heavy atom. The summed E-state index contributed by atoms with van der Waals surface area (Å²) in [4.78, 5) is 12.6. The van der Waals surface area contributed by atoms with Gasteiger partial charge in [-0.05, 0) is 24.3 Å². The fraction of sp³-hybridized carbons (Fsp3) is 0.0952. The van der Waals surface area contributed by atoms with Crippen molar-refractivity contribution >= 4 is 27.3 Å². The van der Waals surface area contributed by atoms with E-state index in [1.807, 2.05) is 0 Å². The molecule has 154 valence electrons. The quantitative estimate of drug-likeness (QED) is 0.662. The van der Waals surface area contributed by atoms with Crippen molar-refractivity contribution in [2.45, 2.75) is 11.1 Å². The molecule has 0 saturated heterocycles. The van der Waals surface area contributed by atoms with Crippen LogP contribution in [-0.4, -0.2) is 20.9 Å². The monoisotopic (exact) mass is 432 g/mol. The Morgan fingerprint density at radius 1 is 0.867 bits per heavy atom. The molecule has 0 atom stereocenters. The third-order valence-electron chi connectivity index (χ3n) is 4.71. The molecule has 4 rings (SSSR count). The molecule has 0 spiro atoms. The third-order valence-corrected chi connectivity index (χ3v) is 6.53. The maximum absolute atomic E-state index is 13.2. The van der Waals surface area contributed by atoms with Gasteiger partial charge in [-0.3, -0.25) is 9.10 Å². The maximum atomic E-state index is 13.2. The number of benzene rings is 3. The number of rotatable bonds is 3. The molecule has 0 aromatic heterocycles. The number of amides is 1. The van der Waals surface area contributed by atoms with E-state index in [0.717, 1.165) is 16.4 Å². The Labute approximate surface area is 170 Å². The largest absolute Gasteiger partial charge is 0.418 e. The summed E-state index contributed by atoms with van der Waals surface area (Å²) in [7, 11) is -4.07. The molecule has 3 aromatic rings. The molecule has 3 aromatic carbocycles. The van der Waals surface area contributed by atoms with E-state index in [1.165, 1.54) is 18.2 Å². The zero-order valence-corrected chi connectivity index (χ0v) is 16.2. The lowest BCUT2D eigenvalue weighted by molar-refractivity contribution is -0.137. The lowest BCUT2D eigenvalue weighted by atomic mass is 10.0. The second-order valence-corrected chi connectivity index (χ2v) is 8.45. The van der Waals surface area contributed by atoms with E-state index in [1.54, 1.807) is 42.5 Å². The van der Waals surface area contributed by atoms with E-state index in [2.05, 4.69) is 5.32 Å². The van der Waals surface area contributed by atoms with Crippen LogP contribution in [0.5, 0.6) is 0 Å². The SMILES string of the molecule is O=C(CN1c2ccccc2-c2ccccc2S1(=O)=O)Nc1ccccc1C(F)(F)F. The van der Waals surface area contributed by atoms with Gasteiger partial charge in [-0.25, -0.2) is 8.42 Å². The minimum Gasteiger partial charge on any atom is -0.324 e. The molecule has 30 heavy (non-hydrogen) atoms. The number of nitrogens with one attached hydrogen (secondary N) is 1. The summed E-state index contributed by atoms with van der Waals surface area (Å²) < 4.78 is 66.8. The maximum Gasteiger partial charge on any atom is 0.418 e. The standard InChI is InChI=1S/C21H15F3N2O3S/c22-21(23,24)16-9-3-4-10-17(16)25-20(27)13-26-18-11-5-1-7-14(18)15-8-2-6-12-19(15)30(26,28)29/h1-12H,13H2,(H,25,27). The first-order chi connectivity index (χ1) is 14.2. The number of alkyl halides is 3. The van der Waals surface area contributed by atoms with Crippen LogP contribution < -0.4 is 9.62 Å². The highest BCUT2D eigenvalue weighted by Gasteiger charge is 2.37. The minimum absolute atomic E-state index is 0.0344. The van der Waals surface area contributed by atoms with Crippen LogP contribution in [-0.2, 0) is 21.0 Å². The molecular weight excluding hydrogens is 417 g/mol. The summed E-state index contributed by atoms with van der Waals surface area (Å²) in [6.07, 6.45) is -4.66. The van der Waals surface area contributed by atoms with Gasteiger partial charge in [0.05, 0.1) is 21.8 Å². The number of hydrogen-bond acceptors (Lipinski definition) is 3. The van der Waals surface area contributed by atoms with Crippen LogP contribution in [0.25, 0.3) is 11.1 Å². The van der Waals surface area contributed by atoms with Gasteiger partial charge >= 0.3 is 6.18 Å². The number of halogens is 3.